The largest absolute Gasteiger partial charge is 0.420 e. The number of aromatic nitrogens is 5. The van der Waals surface area contributed by atoms with Gasteiger partial charge in [-0.3, -0.25) is 4.57 Å². The average Bonchev–Trinajstić information content (AvgIpc) is 3.17. The second-order valence-corrected chi connectivity index (χ2v) is 6.12. The second-order valence-electron chi connectivity index (χ2n) is 5.20. The van der Waals surface area contributed by atoms with Crippen LogP contribution in [0, 0.1) is 0 Å². The van der Waals surface area contributed by atoms with Gasteiger partial charge in [0.2, 0.25) is 5.82 Å². The van der Waals surface area contributed by atoms with Crippen LogP contribution in [-0.2, 0) is 13.1 Å². The summed E-state index contributed by atoms with van der Waals surface area (Å²) < 4.78 is 7.77. The van der Waals surface area contributed by atoms with Crippen molar-refractivity contribution in [3.63, 3.8) is 0 Å². The molecule has 0 radical (unpaired) electrons. The topological polar surface area (TPSA) is 78.7 Å². The van der Waals surface area contributed by atoms with Crippen molar-refractivity contribution in [2.24, 2.45) is 0 Å². The van der Waals surface area contributed by atoms with Crippen LogP contribution in [0.15, 0.2) is 62.2 Å². The number of aryl methyl sites for hydroxylation is 2. The number of hydrogen-bond acceptors (Lipinski definition) is 5. The molecule has 0 aliphatic rings. The normalized spacial score (nSPS) is 11.2. The lowest BCUT2D eigenvalue weighted by atomic mass is 10.2. The molecule has 2 aromatic heterocycles. The van der Waals surface area contributed by atoms with E-state index in [2.05, 4.69) is 31.3 Å². The van der Waals surface area contributed by atoms with Crippen LogP contribution in [0.4, 0.5) is 0 Å². The van der Waals surface area contributed by atoms with E-state index in [0.717, 1.165) is 15.6 Å². The minimum absolute atomic E-state index is 0.385. The Labute approximate surface area is 144 Å². The van der Waals surface area contributed by atoms with Crippen LogP contribution in [0.3, 0.4) is 0 Å². The fourth-order valence-electron chi connectivity index (χ4n) is 2.47. The van der Waals surface area contributed by atoms with Crippen molar-refractivity contribution in [1.82, 2.24) is 24.8 Å². The lowest BCUT2D eigenvalue weighted by molar-refractivity contribution is 0.441. The first-order chi connectivity index (χ1) is 11.7. The van der Waals surface area contributed by atoms with E-state index in [9.17, 15) is 4.79 Å². The van der Waals surface area contributed by atoms with Crippen LogP contribution in [0.5, 0.6) is 0 Å². The van der Waals surface area contributed by atoms with Gasteiger partial charge in [-0.05, 0) is 41.6 Å². The summed E-state index contributed by atoms with van der Waals surface area (Å²) >= 11 is 3.39. The van der Waals surface area contributed by atoms with Gasteiger partial charge in [0, 0.05) is 10.0 Å². The predicted octanol–water partition coefficient (Wildman–Crippen LogP) is 2.71. The lowest BCUT2D eigenvalue weighted by Gasteiger charge is -2.00. The van der Waals surface area contributed by atoms with Crippen LogP contribution in [-0.4, -0.2) is 24.8 Å². The van der Waals surface area contributed by atoms with Crippen LogP contribution >= 0.6 is 15.9 Å². The summed E-state index contributed by atoms with van der Waals surface area (Å²) in [5.41, 5.74) is 2.22. The molecule has 120 valence electrons. The summed E-state index contributed by atoms with van der Waals surface area (Å²) in [4.78, 5) is 13.4. The van der Waals surface area contributed by atoms with Gasteiger partial charge in [-0.15, -0.1) is 10.2 Å². The zero-order valence-corrected chi connectivity index (χ0v) is 14.0. The summed E-state index contributed by atoms with van der Waals surface area (Å²) in [5.74, 6) is 0.163. The SMILES string of the molecule is O=c1oc2ccccc2n1CCn1nnc(-c2ccc(Br)cc2)n1. The van der Waals surface area contributed by atoms with Crippen molar-refractivity contribution in [3.8, 4) is 11.4 Å². The van der Waals surface area contributed by atoms with Crippen LogP contribution in [0.25, 0.3) is 22.5 Å². The summed E-state index contributed by atoms with van der Waals surface area (Å²) in [7, 11) is 0. The maximum Gasteiger partial charge on any atom is 0.420 e. The minimum Gasteiger partial charge on any atom is -0.408 e. The Hall–Kier alpha value is -2.74. The van der Waals surface area contributed by atoms with Gasteiger partial charge < -0.3 is 4.42 Å². The quantitative estimate of drug-likeness (QED) is 0.539. The monoisotopic (exact) mass is 385 g/mol. The molecule has 7 nitrogen and oxygen atoms in total. The highest BCUT2D eigenvalue weighted by Gasteiger charge is 2.10. The van der Waals surface area contributed by atoms with E-state index in [4.69, 9.17) is 4.42 Å². The summed E-state index contributed by atoms with van der Waals surface area (Å²) in [5, 5.41) is 12.5. The molecule has 0 saturated carbocycles. The third-order valence-electron chi connectivity index (χ3n) is 3.65. The van der Waals surface area contributed by atoms with Gasteiger partial charge in [0.05, 0.1) is 18.6 Å². The standard InChI is InChI=1S/C16H12BrN5O2/c17-12-7-5-11(6-8-12)15-18-20-22(19-15)10-9-21-13-3-1-2-4-14(13)24-16(21)23/h1-8H,9-10H2. The Kier molecular flexibility index (Phi) is 3.73. The second kappa shape index (κ2) is 6.04. The van der Waals surface area contributed by atoms with Gasteiger partial charge in [0.15, 0.2) is 5.58 Å². The van der Waals surface area contributed by atoms with Crippen LogP contribution in [0.2, 0.25) is 0 Å². The lowest BCUT2D eigenvalue weighted by Crippen LogP contribution is -2.18. The molecule has 24 heavy (non-hydrogen) atoms. The van der Waals surface area contributed by atoms with Gasteiger partial charge in [-0.2, -0.15) is 4.80 Å². The van der Waals surface area contributed by atoms with E-state index in [1.54, 1.807) is 10.6 Å². The average molecular weight is 386 g/mol. The molecule has 0 atom stereocenters. The van der Waals surface area contributed by atoms with Crippen molar-refractivity contribution in [2.75, 3.05) is 0 Å². The Morgan fingerprint density at radius 3 is 2.67 bits per heavy atom. The van der Waals surface area contributed by atoms with E-state index in [0.29, 0.717) is 24.5 Å². The van der Waals surface area contributed by atoms with Crippen molar-refractivity contribution in [1.29, 1.82) is 0 Å². The molecule has 4 aromatic rings. The highest BCUT2D eigenvalue weighted by atomic mass is 79.9. The first-order valence-corrected chi connectivity index (χ1v) is 8.12. The molecule has 4 rings (SSSR count). The van der Waals surface area contributed by atoms with Crippen molar-refractivity contribution in [2.45, 2.75) is 13.1 Å². The predicted molar refractivity (Wildman–Crippen MR) is 91.4 cm³/mol. The molecule has 0 N–H and O–H groups in total. The molecule has 2 heterocycles. The number of hydrogen-bond donors (Lipinski definition) is 0. The van der Waals surface area contributed by atoms with Crippen molar-refractivity contribution >= 4 is 27.0 Å². The molecule has 2 aromatic carbocycles. The molecular weight excluding hydrogens is 374 g/mol. The van der Waals surface area contributed by atoms with E-state index >= 15 is 0 Å². The summed E-state index contributed by atoms with van der Waals surface area (Å²) in [6.45, 7) is 0.832. The molecule has 0 aliphatic carbocycles. The van der Waals surface area contributed by atoms with Crippen molar-refractivity contribution in [3.05, 3.63) is 63.6 Å². The van der Waals surface area contributed by atoms with Gasteiger partial charge >= 0.3 is 5.76 Å². The molecule has 0 unspecified atom stereocenters. The molecule has 8 heteroatoms. The Morgan fingerprint density at radius 2 is 1.83 bits per heavy atom. The first-order valence-electron chi connectivity index (χ1n) is 7.33. The minimum atomic E-state index is -0.385. The smallest absolute Gasteiger partial charge is 0.408 e. The number of rotatable bonds is 4. The molecule has 0 fully saturated rings. The van der Waals surface area contributed by atoms with Crippen molar-refractivity contribution < 1.29 is 4.42 Å². The molecule has 0 bridgehead atoms. The fraction of sp³-hybridized carbons (Fsp3) is 0.125. The fourth-order valence-corrected chi connectivity index (χ4v) is 2.73. The summed E-state index contributed by atoms with van der Waals surface area (Å²) in [6, 6.07) is 15.0. The van der Waals surface area contributed by atoms with Gasteiger partial charge in [-0.25, -0.2) is 4.79 Å². The van der Waals surface area contributed by atoms with E-state index in [1.165, 1.54) is 4.80 Å². The first kappa shape index (κ1) is 14.8. The highest BCUT2D eigenvalue weighted by molar-refractivity contribution is 9.10. The van der Waals surface area contributed by atoms with E-state index in [-0.39, 0.29) is 5.76 Å². The number of tetrazole rings is 1. The van der Waals surface area contributed by atoms with Gasteiger partial charge in [0.25, 0.3) is 0 Å². The number of para-hydroxylation sites is 2. The number of oxazole rings is 1. The summed E-state index contributed by atoms with van der Waals surface area (Å²) in [6.07, 6.45) is 0. The van der Waals surface area contributed by atoms with Crippen LogP contribution < -0.4 is 5.76 Å². The zero-order valence-electron chi connectivity index (χ0n) is 12.5. The molecule has 0 spiro atoms. The maximum atomic E-state index is 11.9. The number of halogens is 1. The number of fused-ring (bicyclic) bond motifs is 1. The molecule has 0 saturated heterocycles. The third kappa shape index (κ3) is 2.76. The maximum absolute atomic E-state index is 11.9. The third-order valence-corrected chi connectivity index (χ3v) is 4.18. The highest BCUT2D eigenvalue weighted by Crippen LogP contribution is 2.17. The number of nitrogens with zero attached hydrogens (tertiary/aromatic N) is 5. The molecule has 0 amide bonds. The zero-order chi connectivity index (χ0) is 16.5. The Morgan fingerprint density at radius 1 is 1.04 bits per heavy atom. The van der Waals surface area contributed by atoms with Gasteiger partial charge in [0.1, 0.15) is 0 Å². The van der Waals surface area contributed by atoms with Crippen LogP contribution in [0.1, 0.15) is 0 Å². The van der Waals surface area contributed by atoms with Gasteiger partial charge in [-0.1, -0.05) is 28.1 Å². The van der Waals surface area contributed by atoms with E-state index in [1.807, 2.05) is 42.5 Å². The number of benzene rings is 2. The van der Waals surface area contributed by atoms with E-state index < -0.39 is 0 Å². The Balaban J connectivity index is 1.55. The molecular formula is C16H12BrN5O2. The molecule has 0 aliphatic heterocycles. The Bertz CT molecular complexity index is 1050.